The average molecular weight is 219 g/mol. The highest BCUT2D eigenvalue weighted by atomic mass is 15.2. The van der Waals surface area contributed by atoms with Crippen LogP contribution in [0.1, 0.15) is 46.0 Å². The molecule has 0 spiro atoms. The third-order valence-corrected chi connectivity index (χ3v) is 3.49. The Hall–Kier alpha value is -1.06. The molecule has 0 atom stereocenters. The summed E-state index contributed by atoms with van der Waals surface area (Å²) in [5.74, 6) is 0.265. The van der Waals surface area contributed by atoms with Crippen molar-refractivity contribution in [3.8, 4) is 12.1 Å². The molecule has 0 aromatic heterocycles. The third kappa shape index (κ3) is 3.51. The minimum absolute atomic E-state index is 0.265. The highest BCUT2D eigenvalue weighted by molar-refractivity contribution is 4.91. The predicted molar refractivity (Wildman–Crippen MR) is 63.4 cm³/mol. The summed E-state index contributed by atoms with van der Waals surface area (Å²) in [6.07, 6.45) is 4.88. The third-order valence-electron chi connectivity index (χ3n) is 3.49. The van der Waals surface area contributed by atoms with E-state index in [1.807, 2.05) is 0 Å². The summed E-state index contributed by atoms with van der Waals surface area (Å²) in [4.78, 5) is 2.43. The molecule has 16 heavy (non-hydrogen) atoms. The maximum absolute atomic E-state index is 8.86. The Bertz CT molecular complexity index is 277. The quantitative estimate of drug-likeness (QED) is 0.730. The fourth-order valence-corrected chi connectivity index (χ4v) is 2.58. The van der Waals surface area contributed by atoms with Gasteiger partial charge < -0.3 is 0 Å². The number of rotatable bonds is 4. The summed E-state index contributed by atoms with van der Waals surface area (Å²) in [5, 5.41) is 17.5. The lowest BCUT2D eigenvalue weighted by Crippen LogP contribution is -2.42. The summed E-state index contributed by atoms with van der Waals surface area (Å²) in [6, 6.07) is 5.66. The number of hydrogen-bond acceptors (Lipinski definition) is 3. The van der Waals surface area contributed by atoms with E-state index >= 15 is 0 Å². The van der Waals surface area contributed by atoms with Crippen LogP contribution in [0.3, 0.4) is 0 Å². The first-order chi connectivity index (χ1) is 7.69. The van der Waals surface area contributed by atoms with Gasteiger partial charge in [-0.25, -0.2) is 0 Å². The van der Waals surface area contributed by atoms with E-state index in [0.29, 0.717) is 18.5 Å². The largest absolute Gasteiger partial charge is 0.297 e. The molecule has 3 heteroatoms. The van der Waals surface area contributed by atoms with E-state index in [2.05, 4.69) is 30.9 Å². The molecule has 0 amide bonds. The molecule has 0 aliphatic heterocycles. The van der Waals surface area contributed by atoms with Gasteiger partial charge in [0.15, 0.2) is 0 Å². The van der Waals surface area contributed by atoms with E-state index in [0.717, 1.165) is 32.2 Å². The second kappa shape index (κ2) is 6.51. The van der Waals surface area contributed by atoms with Crippen molar-refractivity contribution >= 4 is 0 Å². The van der Waals surface area contributed by atoms with Gasteiger partial charge in [-0.3, -0.25) is 4.90 Å². The zero-order valence-corrected chi connectivity index (χ0v) is 10.3. The van der Waals surface area contributed by atoms with Crippen molar-refractivity contribution in [1.29, 1.82) is 10.5 Å². The molecule has 1 fully saturated rings. The lowest BCUT2D eigenvalue weighted by Gasteiger charge is -2.37. The van der Waals surface area contributed by atoms with Crippen LogP contribution >= 0.6 is 0 Å². The second-order valence-electron chi connectivity index (χ2n) is 4.87. The van der Waals surface area contributed by atoms with Crippen LogP contribution in [-0.4, -0.2) is 23.5 Å². The van der Waals surface area contributed by atoms with E-state index in [1.165, 1.54) is 0 Å². The minimum atomic E-state index is 0.265. The fourth-order valence-electron chi connectivity index (χ4n) is 2.58. The van der Waals surface area contributed by atoms with Crippen LogP contribution in [0, 0.1) is 28.6 Å². The van der Waals surface area contributed by atoms with E-state index in [4.69, 9.17) is 10.5 Å². The van der Waals surface area contributed by atoms with Crippen molar-refractivity contribution in [3.63, 3.8) is 0 Å². The van der Waals surface area contributed by atoms with E-state index in [1.54, 1.807) is 0 Å². The van der Waals surface area contributed by atoms with Crippen LogP contribution in [-0.2, 0) is 0 Å². The van der Waals surface area contributed by atoms with Crippen molar-refractivity contribution in [2.75, 3.05) is 6.54 Å². The molecule has 0 N–H and O–H groups in total. The van der Waals surface area contributed by atoms with Crippen LogP contribution in [0.15, 0.2) is 0 Å². The lowest BCUT2D eigenvalue weighted by atomic mass is 9.86. The normalized spacial score (nSPS) is 25.4. The van der Waals surface area contributed by atoms with Crippen LogP contribution < -0.4 is 0 Å². The minimum Gasteiger partial charge on any atom is -0.297 e. The summed E-state index contributed by atoms with van der Waals surface area (Å²) in [5.41, 5.74) is 0. The fraction of sp³-hybridized carbons (Fsp3) is 0.846. The molecule has 0 saturated heterocycles. The first-order valence-corrected chi connectivity index (χ1v) is 6.21. The van der Waals surface area contributed by atoms with Gasteiger partial charge in [0.25, 0.3) is 0 Å². The summed E-state index contributed by atoms with van der Waals surface area (Å²) < 4.78 is 0. The molecule has 1 saturated carbocycles. The molecule has 1 aliphatic rings. The maximum Gasteiger partial charge on any atom is 0.0655 e. The molecule has 3 nitrogen and oxygen atoms in total. The summed E-state index contributed by atoms with van der Waals surface area (Å²) >= 11 is 0. The van der Waals surface area contributed by atoms with Crippen molar-refractivity contribution in [2.45, 2.75) is 58.0 Å². The van der Waals surface area contributed by atoms with E-state index < -0.39 is 0 Å². The molecule has 0 aromatic rings. The molecule has 0 bridgehead atoms. The zero-order valence-electron chi connectivity index (χ0n) is 10.3. The monoisotopic (exact) mass is 219 g/mol. The van der Waals surface area contributed by atoms with Gasteiger partial charge in [0.2, 0.25) is 0 Å². The van der Waals surface area contributed by atoms with Gasteiger partial charge >= 0.3 is 0 Å². The standard InChI is InChI=1S/C13H21N3/c1-11(2)16(9-3-8-14)13-6-4-12(10-15)5-7-13/h11-13H,3-7,9H2,1-2H3. The Morgan fingerprint density at radius 1 is 1.19 bits per heavy atom. The highest BCUT2D eigenvalue weighted by Gasteiger charge is 2.26. The summed E-state index contributed by atoms with van der Waals surface area (Å²) in [7, 11) is 0. The molecule has 0 aromatic carbocycles. The molecular weight excluding hydrogens is 198 g/mol. The molecular formula is C13H21N3. The van der Waals surface area contributed by atoms with E-state index in [9.17, 15) is 0 Å². The lowest BCUT2D eigenvalue weighted by molar-refractivity contribution is 0.115. The topological polar surface area (TPSA) is 50.8 Å². The first kappa shape index (κ1) is 13.0. The van der Waals surface area contributed by atoms with Crippen molar-refractivity contribution in [3.05, 3.63) is 0 Å². The van der Waals surface area contributed by atoms with Gasteiger partial charge in [0.05, 0.1) is 12.1 Å². The van der Waals surface area contributed by atoms with Gasteiger partial charge in [-0.1, -0.05) is 0 Å². The summed E-state index contributed by atoms with van der Waals surface area (Å²) in [6.45, 7) is 5.25. The van der Waals surface area contributed by atoms with Crippen molar-refractivity contribution in [1.82, 2.24) is 4.90 Å². The SMILES string of the molecule is CC(C)N(CCC#N)C1CCC(C#N)CC1. The van der Waals surface area contributed by atoms with Gasteiger partial charge in [-0.2, -0.15) is 10.5 Å². The second-order valence-corrected chi connectivity index (χ2v) is 4.87. The van der Waals surface area contributed by atoms with Crippen molar-refractivity contribution < 1.29 is 0 Å². The number of nitriles is 2. The van der Waals surface area contributed by atoms with Crippen LogP contribution in [0.4, 0.5) is 0 Å². The molecule has 88 valence electrons. The smallest absolute Gasteiger partial charge is 0.0655 e. The Morgan fingerprint density at radius 3 is 2.25 bits per heavy atom. The number of nitrogens with zero attached hydrogens (tertiary/aromatic N) is 3. The Kier molecular flexibility index (Phi) is 5.29. The van der Waals surface area contributed by atoms with E-state index in [-0.39, 0.29) is 5.92 Å². The molecule has 0 unspecified atom stereocenters. The van der Waals surface area contributed by atoms with Crippen LogP contribution in [0.5, 0.6) is 0 Å². The van der Waals surface area contributed by atoms with Crippen molar-refractivity contribution in [2.24, 2.45) is 5.92 Å². The number of hydrogen-bond donors (Lipinski definition) is 0. The molecule has 0 radical (unpaired) electrons. The van der Waals surface area contributed by atoms with Gasteiger partial charge in [0.1, 0.15) is 0 Å². The van der Waals surface area contributed by atoms with Crippen LogP contribution in [0.25, 0.3) is 0 Å². The average Bonchev–Trinajstić information content (AvgIpc) is 2.30. The van der Waals surface area contributed by atoms with Gasteiger partial charge in [0, 0.05) is 31.0 Å². The maximum atomic E-state index is 8.86. The van der Waals surface area contributed by atoms with Crippen LogP contribution in [0.2, 0.25) is 0 Å². The Labute approximate surface area is 98.7 Å². The first-order valence-electron chi connectivity index (χ1n) is 6.21. The highest BCUT2D eigenvalue weighted by Crippen LogP contribution is 2.28. The zero-order chi connectivity index (χ0) is 12.0. The Morgan fingerprint density at radius 2 is 1.81 bits per heavy atom. The van der Waals surface area contributed by atoms with Gasteiger partial charge in [-0.15, -0.1) is 0 Å². The molecule has 0 heterocycles. The molecule has 1 rings (SSSR count). The Balaban J connectivity index is 2.48. The van der Waals surface area contributed by atoms with Gasteiger partial charge in [-0.05, 0) is 39.5 Å². The molecule has 1 aliphatic carbocycles. The predicted octanol–water partition coefficient (Wildman–Crippen LogP) is 2.69.